The number of ether oxygens (including phenoxy) is 1. The predicted molar refractivity (Wildman–Crippen MR) is 99.6 cm³/mol. The summed E-state index contributed by atoms with van der Waals surface area (Å²) in [5.74, 6) is 1.69. The van der Waals surface area contributed by atoms with Crippen LogP contribution in [-0.4, -0.2) is 40.6 Å². The summed E-state index contributed by atoms with van der Waals surface area (Å²) in [7, 11) is 1.65. The Balaban J connectivity index is 2.06. The highest BCUT2D eigenvalue weighted by Crippen LogP contribution is 2.26. The Morgan fingerprint density at radius 3 is 2.40 bits per heavy atom. The molecule has 3 aromatic rings. The maximum atomic E-state index is 12.7. The molecule has 0 aliphatic rings. The smallest absolute Gasteiger partial charge is 0.242 e. The van der Waals surface area contributed by atoms with Crippen molar-refractivity contribution in [2.45, 2.75) is 20.4 Å². The number of carbonyl (C=O) groups excluding carboxylic acids is 1. The second-order valence-corrected chi connectivity index (χ2v) is 5.80. The number of aromatic nitrogens is 2. The van der Waals surface area contributed by atoms with Crippen molar-refractivity contribution < 1.29 is 9.53 Å². The minimum Gasteiger partial charge on any atom is -0.497 e. The third-order valence-electron chi connectivity index (χ3n) is 4.41. The molecule has 5 nitrogen and oxygen atoms in total. The first kappa shape index (κ1) is 17.0. The number of likely N-dealkylation sites (N-methyl/N-ethyl adjacent to an activating group) is 1. The largest absolute Gasteiger partial charge is 0.497 e. The number of fused-ring (bicyclic) bond motifs is 1. The van der Waals surface area contributed by atoms with E-state index in [2.05, 4.69) is 0 Å². The molecule has 0 atom stereocenters. The van der Waals surface area contributed by atoms with Crippen LogP contribution in [0.4, 0.5) is 0 Å². The SMILES string of the molecule is CCN(CC)C(=O)Cn1c(-c2ccc(OC)cc2)nc2ccccc21. The van der Waals surface area contributed by atoms with E-state index in [1.54, 1.807) is 7.11 Å². The van der Waals surface area contributed by atoms with Gasteiger partial charge < -0.3 is 14.2 Å². The third-order valence-corrected chi connectivity index (χ3v) is 4.41. The second kappa shape index (κ2) is 7.38. The first-order valence-corrected chi connectivity index (χ1v) is 8.55. The number of benzene rings is 2. The molecule has 25 heavy (non-hydrogen) atoms. The fraction of sp³-hybridized carbons (Fsp3) is 0.300. The first-order chi connectivity index (χ1) is 12.2. The lowest BCUT2D eigenvalue weighted by molar-refractivity contribution is -0.131. The van der Waals surface area contributed by atoms with Crippen molar-refractivity contribution in [3.8, 4) is 17.1 Å². The monoisotopic (exact) mass is 337 g/mol. The topological polar surface area (TPSA) is 47.4 Å². The van der Waals surface area contributed by atoms with Crippen molar-refractivity contribution in [1.82, 2.24) is 14.5 Å². The van der Waals surface area contributed by atoms with E-state index in [-0.39, 0.29) is 12.5 Å². The zero-order chi connectivity index (χ0) is 17.8. The van der Waals surface area contributed by atoms with Gasteiger partial charge in [-0.3, -0.25) is 4.79 Å². The molecule has 0 aliphatic heterocycles. The van der Waals surface area contributed by atoms with Crippen LogP contribution >= 0.6 is 0 Å². The quantitative estimate of drug-likeness (QED) is 0.691. The second-order valence-electron chi connectivity index (χ2n) is 5.80. The first-order valence-electron chi connectivity index (χ1n) is 8.55. The molecule has 0 spiro atoms. The van der Waals surface area contributed by atoms with Crippen molar-refractivity contribution >= 4 is 16.9 Å². The number of amides is 1. The molecule has 0 radical (unpaired) electrons. The summed E-state index contributed by atoms with van der Waals surface area (Å²) in [6, 6.07) is 15.7. The molecule has 130 valence electrons. The predicted octanol–water partition coefficient (Wildman–Crippen LogP) is 3.58. The van der Waals surface area contributed by atoms with E-state index in [9.17, 15) is 4.79 Å². The van der Waals surface area contributed by atoms with Crippen LogP contribution in [0.3, 0.4) is 0 Å². The van der Waals surface area contributed by atoms with Gasteiger partial charge in [0.2, 0.25) is 5.91 Å². The van der Waals surface area contributed by atoms with Gasteiger partial charge in [-0.15, -0.1) is 0 Å². The van der Waals surface area contributed by atoms with Crippen LogP contribution in [0.25, 0.3) is 22.4 Å². The van der Waals surface area contributed by atoms with Crippen LogP contribution in [0, 0.1) is 0 Å². The highest BCUT2D eigenvalue weighted by atomic mass is 16.5. The van der Waals surface area contributed by atoms with Gasteiger partial charge in [-0.1, -0.05) is 12.1 Å². The average molecular weight is 337 g/mol. The molecule has 0 fully saturated rings. The molecule has 1 amide bonds. The molecular weight excluding hydrogens is 314 g/mol. The van der Waals surface area contributed by atoms with Gasteiger partial charge in [0.1, 0.15) is 18.1 Å². The summed E-state index contributed by atoms with van der Waals surface area (Å²) < 4.78 is 7.23. The van der Waals surface area contributed by atoms with Gasteiger partial charge in [0.05, 0.1) is 18.1 Å². The molecule has 0 unspecified atom stereocenters. The minimum atomic E-state index is 0.0999. The number of rotatable bonds is 6. The van der Waals surface area contributed by atoms with Gasteiger partial charge in [0.25, 0.3) is 0 Å². The maximum Gasteiger partial charge on any atom is 0.242 e. The highest BCUT2D eigenvalue weighted by molar-refractivity contribution is 5.84. The van der Waals surface area contributed by atoms with Crippen molar-refractivity contribution in [1.29, 1.82) is 0 Å². The summed E-state index contributed by atoms with van der Waals surface area (Å²) in [4.78, 5) is 19.3. The van der Waals surface area contributed by atoms with E-state index in [4.69, 9.17) is 9.72 Å². The van der Waals surface area contributed by atoms with E-state index in [0.717, 1.165) is 28.2 Å². The van der Waals surface area contributed by atoms with Gasteiger partial charge in [-0.25, -0.2) is 4.98 Å². The van der Waals surface area contributed by atoms with Crippen LogP contribution in [0.15, 0.2) is 48.5 Å². The average Bonchev–Trinajstić information content (AvgIpc) is 3.01. The van der Waals surface area contributed by atoms with Crippen LogP contribution < -0.4 is 4.74 Å². The van der Waals surface area contributed by atoms with E-state index in [1.807, 2.05) is 71.8 Å². The molecule has 2 aromatic carbocycles. The number of para-hydroxylation sites is 2. The van der Waals surface area contributed by atoms with E-state index >= 15 is 0 Å². The summed E-state index contributed by atoms with van der Waals surface area (Å²) in [5.41, 5.74) is 2.82. The Labute approximate surface area is 147 Å². The number of nitrogens with zero attached hydrogens (tertiary/aromatic N) is 3. The Morgan fingerprint density at radius 1 is 1.08 bits per heavy atom. The zero-order valence-electron chi connectivity index (χ0n) is 14.9. The Hall–Kier alpha value is -2.82. The molecule has 0 saturated heterocycles. The van der Waals surface area contributed by atoms with Gasteiger partial charge in [-0.05, 0) is 50.2 Å². The lowest BCUT2D eigenvalue weighted by Crippen LogP contribution is -2.33. The molecule has 5 heteroatoms. The Bertz CT molecular complexity index is 864. The maximum absolute atomic E-state index is 12.7. The van der Waals surface area contributed by atoms with Gasteiger partial charge in [0.15, 0.2) is 0 Å². The Morgan fingerprint density at radius 2 is 1.76 bits per heavy atom. The lowest BCUT2D eigenvalue weighted by Gasteiger charge is -2.20. The fourth-order valence-electron chi connectivity index (χ4n) is 3.01. The molecule has 0 N–H and O–H groups in total. The van der Waals surface area contributed by atoms with Crippen LogP contribution in [0.2, 0.25) is 0 Å². The molecule has 0 bridgehead atoms. The third kappa shape index (κ3) is 3.36. The number of methoxy groups -OCH3 is 1. The van der Waals surface area contributed by atoms with Crippen molar-refractivity contribution in [3.63, 3.8) is 0 Å². The molecule has 0 saturated carbocycles. The molecule has 3 rings (SSSR count). The normalized spacial score (nSPS) is 10.8. The summed E-state index contributed by atoms with van der Waals surface area (Å²) in [5, 5.41) is 0. The highest BCUT2D eigenvalue weighted by Gasteiger charge is 2.17. The summed E-state index contributed by atoms with van der Waals surface area (Å²) in [6.07, 6.45) is 0. The summed E-state index contributed by atoms with van der Waals surface area (Å²) >= 11 is 0. The van der Waals surface area contributed by atoms with E-state index in [0.29, 0.717) is 13.1 Å². The molecule has 0 aliphatic carbocycles. The van der Waals surface area contributed by atoms with Gasteiger partial charge in [0, 0.05) is 18.7 Å². The number of hydrogen-bond donors (Lipinski definition) is 0. The Kier molecular flexibility index (Phi) is 5.03. The number of hydrogen-bond acceptors (Lipinski definition) is 3. The van der Waals surface area contributed by atoms with Gasteiger partial charge >= 0.3 is 0 Å². The van der Waals surface area contributed by atoms with E-state index in [1.165, 1.54) is 0 Å². The van der Waals surface area contributed by atoms with E-state index < -0.39 is 0 Å². The number of carbonyl (C=O) groups is 1. The molecule has 1 aromatic heterocycles. The van der Waals surface area contributed by atoms with Crippen LogP contribution in [-0.2, 0) is 11.3 Å². The van der Waals surface area contributed by atoms with Crippen molar-refractivity contribution in [2.75, 3.05) is 20.2 Å². The fourth-order valence-corrected chi connectivity index (χ4v) is 3.01. The van der Waals surface area contributed by atoms with Crippen molar-refractivity contribution in [3.05, 3.63) is 48.5 Å². The molecular formula is C20H23N3O2. The van der Waals surface area contributed by atoms with Crippen LogP contribution in [0.1, 0.15) is 13.8 Å². The number of imidazole rings is 1. The van der Waals surface area contributed by atoms with Crippen molar-refractivity contribution in [2.24, 2.45) is 0 Å². The lowest BCUT2D eigenvalue weighted by atomic mass is 10.2. The van der Waals surface area contributed by atoms with Gasteiger partial charge in [-0.2, -0.15) is 0 Å². The molecule has 1 heterocycles. The zero-order valence-corrected chi connectivity index (χ0v) is 14.9. The minimum absolute atomic E-state index is 0.0999. The standard InChI is InChI=1S/C20H23N3O2/c1-4-22(5-2)19(24)14-23-18-9-7-6-8-17(18)21-20(23)15-10-12-16(25-3)13-11-15/h6-13H,4-5,14H2,1-3H3. The summed E-state index contributed by atoms with van der Waals surface area (Å²) in [6.45, 7) is 5.69. The van der Waals surface area contributed by atoms with Crippen LogP contribution in [0.5, 0.6) is 5.75 Å².